The van der Waals surface area contributed by atoms with Crippen molar-refractivity contribution in [3.63, 3.8) is 0 Å². The zero-order valence-electron chi connectivity index (χ0n) is 21.0. The lowest BCUT2D eigenvalue weighted by Crippen LogP contribution is -2.54. The number of hydrogen-bond donors (Lipinski definition) is 2. The molecule has 212 valence electrons. The quantitative estimate of drug-likeness (QED) is 0.312. The highest BCUT2D eigenvalue weighted by Crippen LogP contribution is 2.25. The Bertz CT molecular complexity index is 1510. The second-order valence-electron chi connectivity index (χ2n) is 9.05. The molecule has 1 fully saturated rings. The number of nitrogens with zero attached hydrogens (tertiary/aromatic N) is 3. The Morgan fingerprint density at radius 1 is 0.878 bits per heavy atom. The van der Waals surface area contributed by atoms with Gasteiger partial charge in [-0.15, -0.1) is 0 Å². The van der Waals surface area contributed by atoms with Crippen molar-refractivity contribution in [2.24, 2.45) is 0 Å². The van der Waals surface area contributed by atoms with E-state index in [-0.39, 0.29) is 24.2 Å². The fraction of sp³-hybridized carbons (Fsp3) is 0.185. The SMILES string of the molecule is O=C(O)CC(NC(=O)C1N(C(=O)c2cc(F)cc(F)c2)CCN1C(=O)c1cccc([N+](=O)[O-])c1)c1ccc(F)cc1. The summed E-state index contributed by atoms with van der Waals surface area (Å²) in [6.45, 7) is -0.515. The molecular formula is C27H21F3N4O7. The molecule has 1 aliphatic rings. The molecule has 2 unspecified atom stereocenters. The van der Waals surface area contributed by atoms with Crippen molar-refractivity contribution in [3.8, 4) is 0 Å². The fourth-order valence-corrected chi connectivity index (χ4v) is 4.47. The van der Waals surface area contributed by atoms with Crippen molar-refractivity contribution in [1.29, 1.82) is 0 Å². The van der Waals surface area contributed by atoms with E-state index in [1.807, 2.05) is 0 Å². The monoisotopic (exact) mass is 570 g/mol. The summed E-state index contributed by atoms with van der Waals surface area (Å²) in [5.41, 5.74) is -0.826. The van der Waals surface area contributed by atoms with Gasteiger partial charge in [-0.05, 0) is 35.9 Å². The van der Waals surface area contributed by atoms with Crippen LogP contribution in [0.5, 0.6) is 0 Å². The lowest BCUT2D eigenvalue weighted by molar-refractivity contribution is -0.384. The van der Waals surface area contributed by atoms with Crippen LogP contribution in [0.25, 0.3) is 0 Å². The molecule has 1 saturated heterocycles. The van der Waals surface area contributed by atoms with Gasteiger partial charge < -0.3 is 20.2 Å². The van der Waals surface area contributed by atoms with Crippen LogP contribution in [0.1, 0.15) is 38.7 Å². The largest absolute Gasteiger partial charge is 0.481 e. The summed E-state index contributed by atoms with van der Waals surface area (Å²) in [4.78, 5) is 64.3. The van der Waals surface area contributed by atoms with Crippen molar-refractivity contribution in [3.05, 3.63) is 111 Å². The molecule has 2 N–H and O–H groups in total. The van der Waals surface area contributed by atoms with Gasteiger partial charge in [-0.3, -0.25) is 29.3 Å². The molecule has 41 heavy (non-hydrogen) atoms. The van der Waals surface area contributed by atoms with Crippen molar-refractivity contribution < 1.29 is 42.4 Å². The number of rotatable bonds is 8. The van der Waals surface area contributed by atoms with Crippen LogP contribution in [0.4, 0.5) is 18.9 Å². The minimum Gasteiger partial charge on any atom is -0.481 e. The summed E-state index contributed by atoms with van der Waals surface area (Å²) in [5, 5.41) is 23.1. The maximum absolute atomic E-state index is 13.9. The van der Waals surface area contributed by atoms with Crippen LogP contribution in [0.3, 0.4) is 0 Å². The highest BCUT2D eigenvalue weighted by molar-refractivity contribution is 6.02. The molecule has 0 aliphatic carbocycles. The second-order valence-corrected chi connectivity index (χ2v) is 9.05. The number of aliphatic carboxylic acids is 1. The Hall–Kier alpha value is -5.27. The smallest absolute Gasteiger partial charge is 0.305 e. The van der Waals surface area contributed by atoms with Crippen LogP contribution in [0.2, 0.25) is 0 Å². The van der Waals surface area contributed by atoms with E-state index in [2.05, 4.69) is 5.32 Å². The van der Waals surface area contributed by atoms with Gasteiger partial charge in [-0.25, -0.2) is 13.2 Å². The number of amides is 3. The Morgan fingerprint density at radius 3 is 2.02 bits per heavy atom. The van der Waals surface area contributed by atoms with Gasteiger partial charge in [-0.1, -0.05) is 18.2 Å². The van der Waals surface area contributed by atoms with E-state index in [4.69, 9.17) is 0 Å². The van der Waals surface area contributed by atoms with Gasteiger partial charge in [0.15, 0.2) is 6.17 Å². The molecule has 0 radical (unpaired) electrons. The summed E-state index contributed by atoms with van der Waals surface area (Å²) in [5.74, 6) is -6.95. The topological polar surface area (TPSA) is 150 Å². The number of carboxylic acid groups (broad SMARTS) is 1. The molecule has 11 nitrogen and oxygen atoms in total. The number of benzene rings is 3. The number of halogens is 3. The molecule has 0 bridgehead atoms. The summed E-state index contributed by atoms with van der Waals surface area (Å²) >= 11 is 0. The molecule has 0 spiro atoms. The van der Waals surface area contributed by atoms with Gasteiger partial charge in [0.1, 0.15) is 17.5 Å². The number of hydrogen-bond acceptors (Lipinski definition) is 6. The number of carbonyl (C=O) groups is 4. The van der Waals surface area contributed by atoms with Gasteiger partial charge in [0, 0.05) is 42.4 Å². The Balaban J connectivity index is 1.72. The Labute approximate surface area is 229 Å². The van der Waals surface area contributed by atoms with Crippen molar-refractivity contribution in [2.45, 2.75) is 18.6 Å². The summed E-state index contributed by atoms with van der Waals surface area (Å²) in [7, 11) is 0. The average Bonchev–Trinajstić information content (AvgIpc) is 3.37. The maximum atomic E-state index is 13.9. The van der Waals surface area contributed by atoms with Crippen molar-refractivity contribution >= 4 is 29.4 Å². The predicted molar refractivity (Wildman–Crippen MR) is 135 cm³/mol. The van der Waals surface area contributed by atoms with Crippen LogP contribution >= 0.6 is 0 Å². The van der Waals surface area contributed by atoms with Gasteiger partial charge in [0.05, 0.1) is 17.4 Å². The molecule has 2 atom stereocenters. The third kappa shape index (κ3) is 6.49. The average molecular weight is 570 g/mol. The molecule has 4 rings (SSSR count). The summed E-state index contributed by atoms with van der Waals surface area (Å²) in [6.07, 6.45) is -2.39. The summed E-state index contributed by atoms with van der Waals surface area (Å²) in [6, 6.07) is 10.1. The predicted octanol–water partition coefficient (Wildman–Crippen LogP) is 3.27. The van der Waals surface area contributed by atoms with E-state index in [9.17, 15) is 47.6 Å². The Morgan fingerprint density at radius 2 is 1.46 bits per heavy atom. The van der Waals surface area contributed by atoms with Crippen LogP contribution in [0, 0.1) is 27.6 Å². The van der Waals surface area contributed by atoms with Crippen molar-refractivity contribution in [2.75, 3.05) is 13.1 Å². The number of nitrogens with one attached hydrogen (secondary N) is 1. The van der Waals surface area contributed by atoms with Crippen LogP contribution < -0.4 is 5.32 Å². The van der Waals surface area contributed by atoms with Crippen molar-refractivity contribution in [1.82, 2.24) is 15.1 Å². The third-order valence-corrected chi connectivity index (χ3v) is 6.31. The zero-order valence-corrected chi connectivity index (χ0v) is 21.0. The molecular weight excluding hydrogens is 549 g/mol. The van der Waals surface area contributed by atoms with Gasteiger partial charge >= 0.3 is 5.97 Å². The minimum absolute atomic E-state index is 0.177. The number of carbonyl (C=O) groups excluding carboxylic acids is 3. The minimum atomic E-state index is -1.74. The van der Waals surface area contributed by atoms with Crippen LogP contribution in [-0.4, -0.2) is 62.8 Å². The van der Waals surface area contributed by atoms with E-state index < -0.39 is 75.9 Å². The molecule has 14 heteroatoms. The standard InChI is InChI=1S/C27H21F3N4O7/c28-18-6-4-15(5-7-18)22(14-23(35)36)31-24(37)25-32(26(38)16-2-1-3-21(12-16)34(40)41)8-9-33(25)27(39)17-10-19(29)13-20(30)11-17/h1-7,10-13,22,25H,8-9,14H2,(H,31,37)(H,35,36). The highest BCUT2D eigenvalue weighted by Gasteiger charge is 2.44. The van der Waals surface area contributed by atoms with Crippen LogP contribution in [-0.2, 0) is 9.59 Å². The van der Waals surface area contributed by atoms with E-state index >= 15 is 0 Å². The third-order valence-electron chi connectivity index (χ3n) is 6.31. The number of carboxylic acids is 1. The number of nitro benzene ring substituents is 1. The number of nitro groups is 1. The molecule has 3 aromatic rings. The zero-order chi connectivity index (χ0) is 29.8. The molecule has 3 aromatic carbocycles. The first-order valence-electron chi connectivity index (χ1n) is 12.0. The second kappa shape index (κ2) is 11.9. The molecule has 1 aliphatic heterocycles. The lowest BCUT2D eigenvalue weighted by atomic mass is 10.0. The molecule has 0 saturated carbocycles. The normalized spacial score (nSPS) is 15.3. The van der Waals surface area contributed by atoms with E-state index in [0.717, 1.165) is 46.2 Å². The summed E-state index contributed by atoms with van der Waals surface area (Å²) < 4.78 is 41.2. The molecule has 1 heterocycles. The van der Waals surface area contributed by atoms with E-state index in [0.29, 0.717) is 6.07 Å². The first-order valence-corrected chi connectivity index (χ1v) is 12.0. The molecule has 0 aromatic heterocycles. The van der Waals surface area contributed by atoms with E-state index in [1.54, 1.807) is 0 Å². The van der Waals surface area contributed by atoms with Crippen LogP contribution in [0.15, 0.2) is 66.7 Å². The first-order chi connectivity index (χ1) is 19.4. The first kappa shape index (κ1) is 28.7. The number of non-ortho nitro benzene ring substituents is 1. The maximum Gasteiger partial charge on any atom is 0.305 e. The Kier molecular flexibility index (Phi) is 8.31. The lowest BCUT2D eigenvalue weighted by Gasteiger charge is -2.31. The molecule has 3 amide bonds. The van der Waals surface area contributed by atoms with Gasteiger partial charge in [0.2, 0.25) is 0 Å². The fourth-order valence-electron chi connectivity index (χ4n) is 4.47. The highest BCUT2D eigenvalue weighted by atomic mass is 19.1. The van der Waals surface area contributed by atoms with Gasteiger partial charge in [0.25, 0.3) is 23.4 Å². The van der Waals surface area contributed by atoms with E-state index in [1.165, 1.54) is 24.3 Å². The van der Waals surface area contributed by atoms with Gasteiger partial charge in [-0.2, -0.15) is 0 Å².